The fraction of sp³-hybridized carbons (Fsp3) is 0.381. The quantitative estimate of drug-likeness (QED) is 0.681. The number of anilines is 1. The van der Waals surface area contributed by atoms with Crippen LogP contribution in [0.1, 0.15) is 36.0 Å². The van der Waals surface area contributed by atoms with Gasteiger partial charge in [-0.25, -0.2) is 8.42 Å². The smallest absolute Gasteiger partial charge is 0.264 e. The summed E-state index contributed by atoms with van der Waals surface area (Å²) < 4.78 is 27.0. The molecule has 5 nitrogen and oxygen atoms in total. The van der Waals surface area contributed by atoms with Crippen molar-refractivity contribution in [2.24, 2.45) is 0 Å². The van der Waals surface area contributed by atoms with Gasteiger partial charge in [0, 0.05) is 30.6 Å². The highest BCUT2D eigenvalue weighted by Gasteiger charge is 2.22. The number of carbonyl (C=O) groups is 1. The van der Waals surface area contributed by atoms with Crippen molar-refractivity contribution in [2.75, 3.05) is 30.7 Å². The highest BCUT2D eigenvalue weighted by Crippen LogP contribution is 2.25. The molecule has 1 heterocycles. The summed E-state index contributed by atoms with van der Waals surface area (Å²) in [7, 11) is -2.12. The van der Waals surface area contributed by atoms with Gasteiger partial charge in [-0.1, -0.05) is 12.8 Å². The molecule has 3 rings (SSSR count). The molecule has 2 aromatic carbocycles. The first kappa shape index (κ1) is 20.7. The summed E-state index contributed by atoms with van der Waals surface area (Å²) in [5.74, 6) is 0.0200. The van der Waals surface area contributed by atoms with Gasteiger partial charge in [0.2, 0.25) is 0 Å². The molecule has 150 valence electrons. The van der Waals surface area contributed by atoms with Crippen LogP contribution >= 0.6 is 11.8 Å². The Balaban J connectivity index is 1.76. The molecule has 0 atom stereocenters. The van der Waals surface area contributed by atoms with Crippen molar-refractivity contribution in [3.8, 4) is 0 Å². The minimum absolute atomic E-state index is 0.0200. The number of sulfonamides is 1. The van der Waals surface area contributed by atoms with Crippen LogP contribution in [0.25, 0.3) is 0 Å². The molecule has 0 unspecified atom stereocenters. The maximum atomic E-state index is 12.9. The average molecular weight is 419 g/mol. The number of hydrogen-bond acceptors (Lipinski definition) is 4. The maximum Gasteiger partial charge on any atom is 0.264 e. The molecule has 0 N–H and O–H groups in total. The van der Waals surface area contributed by atoms with Crippen molar-refractivity contribution in [3.05, 3.63) is 54.1 Å². The van der Waals surface area contributed by atoms with Gasteiger partial charge in [0.1, 0.15) is 0 Å². The van der Waals surface area contributed by atoms with E-state index in [1.54, 1.807) is 60.3 Å². The summed E-state index contributed by atoms with van der Waals surface area (Å²) in [6.07, 6.45) is 6.37. The number of rotatable bonds is 5. The van der Waals surface area contributed by atoms with Crippen LogP contribution in [0, 0.1) is 0 Å². The van der Waals surface area contributed by atoms with Gasteiger partial charge in [-0.15, -0.1) is 11.8 Å². The summed E-state index contributed by atoms with van der Waals surface area (Å²) >= 11 is 1.57. The Hall–Kier alpha value is -1.99. The predicted octanol–water partition coefficient (Wildman–Crippen LogP) is 4.25. The second-order valence-corrected chi connectivity index (χ2v) is 9.75. The normalized spacial score (nSPS) is 15.1. The van der Waals surface area contributed by atoms with Crippen LogP contribution in [-0.4, -0.2) is 45.6 Å². The summed E-state index contributed by atoms with van der Waals surface area (Å²) in [6.45, 7) is 1.59. The lowest BCUT2D eigenvalue weighted by atomic mass is 10.1. The number of thioether (sulfide) groups is 1. The molecule has 0 radical (unpaired) electrons. The number of nitrogens with zero attached hydrogens (tertiary/aromatic N) is 2. The van der Waals surface area contributed by atoms with Crippen molar-refractivity contribution in [3.63, 3.8) is 0 Å². The molecule has 2 aromatic rings. The topological polar surface area (TPSA) is 57.7 Å². The molecule has 28 heavy (non-hydrogen) atoms. The number of carbonyl (C=O) groups excluding carboxylic acids is 1. The van der Waals surface area contributed by atoms with E-state index in [2.05, 4.69) is 0 Å². The first-order chi connectivity index (χ1) is 13.4. The van der Waals surface area contributed by atoms with Crippen molar-refractivity contribution in [1.82, 2.24) is 4.90 Å². The zero-order valence-corrected chi connectivity index (χ0v) is 17.9. The third kappa shape index (κ3) is 4.52. The second kappa shape index (κ2) is 9.01. The van der Waals surface area contributed by atoms with E-state index in [0.717, 1.165) is 30.8 Å². The Labute approximate surface area is 171 Å². The van der Waals surface area contributed by atoms with Gasteiger partial charge in [0.05, 0.1) is 10.6 Å². The fourth-order valence-corrected chi connectivity index (χ4v) is 4.92. The van der Waals surface area contributed by atoms with Gasteiger partial charge >= 0.3 is 0 Å². The van der Waals surface area contributed by atoms with E-state index in [1.807, 2.05) is 11.2 Å². The standard InChI is InChI=1S/C21H26N2O3S2/c1-22(28(25,26)20-13-11-19(27-2)12-14-20)18-9-7-17(8-10-18)21(24)23-15-5-3-4-6-16-23/h7-14H,3-6,15-16H2,1-2H3. The minimum atomic E-state index is -3.65. The first-order valence-corrected chi connectivity index (χ1v) is 12.1. The number of amides is 1. The second-order valence-electron chi connectivity index (χ2n) is 6.90. The lowest BCUT2D eigenvalue weighted by Gasteiger charge is -2.22. The van der Waals surface area contributed by atoms with Gasteiger partial charge in [-0.05, 0) is 67.6 Å². The highest BCUT2D eigenvalue weighted by molar-refractivity contribution is 7.98. The van der Waals surface area contributed by atoms with Gasteiger partial charge in [-0.3, -0.25) is 9.10 Å². The van der Waals surface area contributed by atoms with Crippen LogP contribution in [0.4, 0.5) is 5.69 Å². The number of hydrogen-bond donors (Lipinski definition) is 0. The van der Waals surface area contributed by atoms with E-state index < -0.39 is 10.0 Å². The Bertz CT molecular complexity index is 902. The number of benzene rings is 2. The average Bonchev–Trinajstić information content (AvgIpc) is 3.02. The van der Waals surface area contributed by atoms with E-state index in [-0.39, 0.29) is 10.8 Å². The summed E-state index contributed by atoms with van der Waals surface area (Å²) in [5, 5.41) is 0. The summed E-state index contributed by atoms with van der Waals surface area (Å²) in [6, 6.07) is 13.7. The summed E-state index contributed by atoms with van der Waals surface area (Å²) in [4.78, 5) is 15.9. The largest absolute Gasteiger partial charge is 0.339 e. The Morgan fingerprint density at radius 2 is 1.50 bits per heavy atom. The third-order valence-corrected chi connectivity index (χ3v) is 7.63. The molecule has 0 aromatic heterocycles. The Morgan fingerprint density at radius 1 is 0.929 bits per heavy atom. The zero-order chi connectivity index (χ0) is 20.1. The van der Waals surface area contributed by atoms with Gasteiger partial charge < -0.3 is 4.90 Å². The molecule has 0 aliphatic carbocycles. The Kier molecular flexibility index (Phi) is 6.67. The maximum absolute atomic E-state index is 12.9. The monoisotopic (exact) mass is 418 g/mol. The molecule has 1 amide bonds. The molecule has 0 spiro atoms. The predicted molar refractivity (Wildman–Crippen MR) is 115 cm³/mol. The first-order valence-electron chi connectivity index (χ1n) is 9.46. The zero-order valence-electron chi connectivity index (χ0n) is 16.3. The van der Waals surface area contributed by atoms with Crippen molar-refractivity contribution in [1.29, 1.82) is 0 Å². The molecular formula is C21H26N2O3S2. The molecular weight excluding hydrogens is 392 g/mol. The van der Waals surface area contributed by atoms with E-state index in [4.69, 9.17) is 0 Å². The third-order valence-electron chi connectivity index (χ3n) is 5.09. The Morgan fingerprint density at radius 3 is 2.04 bits per heavy atom. The van der Waals surface area contributed by atoms with Crippen molar-refractivity contribution in [2.45, 2.75) is 35.5 Å². The fourth-order valence-electron chi connectivity index (χ4n) is 3.31. The lowest BCUT2D eigenvalue weighted by Crippen LogP contribution is -2.32. The van der Waals surface area contributed by atoms with Crippen LogP contribution in [-0.2, 0) is 10.0 Å². The van der Waals surface area contributed by atoms with E-state index >= 15 is 0 Å². The molecule has 1 saturated heterocycles. The molecule has 1 fully saturated rings. The molecule has 1 aliphatic rings. The molecule has 1 aliphatic heterocycles. The van der Waals surface area contributed by atoms with Crippen LogP contribution in [0.2, 0.25) is 0 Å². The molecule has 7 heteroatoms. The van der Waals surface area contributed by atoms with Crippen LogP contribution in [0.15, 0.2) is 58.3 Å². The van der Waals surface area contributed by atoms with E-state index in [9.17, 15) is 13.2 Å². The van der Waals surface area contributed by atoms with Crippen molar-refractivity contribution < 1.29 is 13.2 Å². The summed E-state index contributed by atoms with van der Waals surface area (Å²) in [5.41, 5.74) is 1.13. The number of likely N-dealkylation sites (tertiary alicyclic amines) is 1. The van der Waals surface area contributed by atoms with Gasteiger partial charge in [-0.2, -0.15) is 0 Å². The van der Waals surface area contributed by atoms with Gasteiger partial charge in [0.25, 0.3) is 15.9 Å². The van der Waals surface area contributed by atoms with Crippen LogP contribution in [0.5, 0.6) is 0 Å². The van der Waals surface area contributed by atoms with E-state index in [1.165, 1.54) is 24.2 Å². The van der Waals surface area contributed by atoms with Crippen molar-refractivity contribution >= 4 is 33.4 Å². The molecule has 0 saturated carbocycles. The SMILES string of the molecule is CSc1ccc(S(=O)(=O)N(C)c2ccc(C(=O)N3CCCCCC3)cc2)cc1. The highest BCUT2D eigenvalue weighted by atomic mass is 32.2. The lowest BCUT2D eigenvalue weighted by molar-refractivity contribution is 0.0761. The van der Waals surface area contributed by atoms with Crippen LogP contribution < -0.4 is 4.31 Å². The van der Waals surface area contributed by atoms with Crippen LogP contribution in [0.3, 0.4) is 0 Å². The van der Waals surface area contributed by atoms with E-state index in [0.29, 0.717) is 11.3 Å². The molecule has 0 bridgehead atoms. The van der Waals surface area contributed by atoms with Gasteiger partial charge in [0.15, 0.2) is 0 Å². The minimum Gasteiger partial charge on any atom is -0.339 e.